The SMILES string of the molecule is CC1C(N)CCC1Sc1ncn[nH]1. The molecule has 1 aromatic rings. The average Bonchev–Trinajstić information content (AvgIpc) is 2.71. The van der Waals surface area contributed by atoms with Crippen LogP contribution in [0.2, 0.25) is 0 Å². The van der Waals surface area contributed by atoms with E-state index in [-0.39, 0.29) is 0 Å². The third-order valence-corrected chi connectivity index (χ3v) is 4.09. The molecular weight excluding hydrogens is 184 g/mol. The molecule has 4 nitrogen and oxygen atoms in total. The Labute approximate surface area is 81.7 Å². The fourth-order valence-electron chi connectivity index (χ4n) is 1.72. The lowest BCUT2D eigenvalue weighted by atomic mass is 10.1. The summed E-state index contributed by atoms with van der Waals surface area (Å²) >= 11 is 1.76. The number of thioether (sulfide) groups is 1. The van der Waals surface area contributed by atoms with Crippen LogP contribution >= 0.6 is 11.8 Å². The summed E-state index contributed by atoms with van der Waals surface area (Å²) in [5.74, 6) is 0.579. The van der Waals surface area contributed by atoms with E-state index in [0.29, 0.717) is 17.2 Å². The second-order valence-electron chi connectivity index (χ2n) is 3.55. The first-order valence-electron chi connectivity index (χ1n) is 4.55. The van der Waals surface area contributed by atoms with Gasteiger partial charge in [0.15, 0.2) is 5.16 Å². The number of nitrogens with one attached hydrogen (secondary N) is 1. The van der Waals surface area contributed by atoms with Crippen molar-refractivity contribution < 1.29 is 0 Å². The van der Waals surface area contributed by atoms with Crippen molar-refractivity contribution in [2.24, 2.45) is 11.7 Å². The summed E-state index contributed by atoms with van der Waals surface area (Å²) in [6, 6.07) is 0.362. The first-order valence-corrected chi connectivity index (χ1v) is 5.43. The fraction of sp³-hybridized carbons (Fsp3) is 0.750. The molecule has 3 unspecified atom stereocenters. The molecule has 72 valence electrons. The third-order valence-electron chi connectivity index (χ3n) is 2.70. The highest BCUT2D eigenvalue weighted by atomic mass is 32.2. The summed E-state index contributed by atoms with van der Waals surface area (Å²) in [5.41, 5.74) is 5.94. The van der Waals surface area contributed by atoms with Crippen LogP contribution in [0.15, 0.2) is 11.5 Å². The van der Waals surface area contributed by atoms with Gasteiger partial charge >= 0.3 is 0 Å². The summed E-state index contributed by atoms with van der Waals surface area (Å²) < 4.78 is 0. The van der Waals surface area contributed by atoms with E-state index < -0.39 is 0 Å². The minimum Gasteiger partial charge on any atom is -0.327 e. The fourth-order valence-corrected chi connectivity index (χ4v) is 2.89. The highest BCUT2D eigenvalue weighted by molar-refractivity contribution is 7.99. The van der Waals surface area contributed by atoms with Gasteiger partial charge in [-0.3, -0.25) is 5.10 Å². The molecule has 5 heteroatoms. The third kappa shape index (κ3) is 1.86. The van der Waals surface area contributed by atoms with Crippen molar-refractivity contribution in [1.82, 2.24) is 15.2 Å². The van der Waals surface area contributed by atoms with E-state index in [2.05, 4.69) is 22.1 Å². The zero-order valence-electron chi connectivity index (χ0n) is 7.60. The Morgan fingerprint density at radius 1 is 1.62 bits per heavy atom. The van der Waals surface area contributed by atoms with Crippen LogP contribution in [0.5, 0.6) is 0 Å². The number of nitrogens with two attached hydrogens (primary N) is 1. The molecule has 3 atom stereocenters. The van der Waals surface area contributed by atoms with Crippen LogP contribution < -0.4 is 5.73 Å². The van der Waals surface area contributed by atoms with Crippen LogP contribution in [0.1, 0.15) is 19.8 Å². The molecule has 0 bridgehead atoms. The van der Waals surface area contributed by atoms with Gasteiger partial charge in [0.2, 0.25) is 0 Å². The topological polar surface area (TPSA) is 67.6 Å². The molecule has 0 aromatic carbocycles. The summed E-state index contributed by atoms with van der Waals surface area (Å²) in [4.78, 5) is 4.09. The van der Waals surface area contributed by atoms with E-state index in [1.165, 1.54) is 6.42 Å². The molecule has 3 N–H and O–H groups in total. The van der Waals surface area contributed by atoms with Gasteiger partial charge in [0.25, 0.3) is 0 Å². The molecule has 0 aliphatic heterocycles. The van der Waals surface area contributed by atoms with Crippen molar-refractivity contribution in [2.75, 3.05) is 0 Å². The smallest absolute Gasteiger partial charge is 0.183 e. The van der Waals surface area contributed by atoms with Gasteiger partial charge in [0.1, 0.15) is 6.33 Å². The predicted molar refractivity (Wildman–Crippen MR) is 52.4 cm³/mol. The van der Waals surface area contributed by atoms with Gasteiger partial charge in [-0.1, -0.05) is 18.7 Å². The number of H-pyrrole nitrogens is 1. The molecule has 0 saturated heterocycles. The molecule has 1 heterocycles. The largest absolute Gasteiger partial charge is 0.327 e. The summed E-state index contributed by atoms with van der Waals surface area (Å²) in [7, 11) is 0. The van der Waals surface area contributed by atoms with Crippen LogP contribution in [0.3, 0.4) is 0 Å². The Morgan fingerprint density at radius 2 is 2.46 bits per heavy atom. The minimum absolute atomic E-state index is 0.362. The maximum Gasteiger partial charge on any atom is 0.183 e. The number of hydrogen-bond acceptors (Lipinski definition) is 4. The molecule has 0 amide bonds. The predicted octanol–water partition coefficient (Wildman–Crippen LogP) is 1.02. The van der Waals surface area contributed by atoms with Gasteiger partial charge in [0.05, 0.1) is 0 Å². The van der Waals surface area contributed by atoms with Crippen molar-refractivity contribution in [3.05, 3.63) is 6.33 Å². The van der Waals surface area contributed by atoms with Crippen molar-refractivity contribution in [1.29, 1.82) is 0 Å². The Hall–Kier alpha value is -0.550. The molecule has 1 saturated carbocycles. The summed E-state index contributed by atoms with van der Waals surface area (Å²) in [6.07, 6.45) is 3.86. The molecule has 0 radical (unpaired) electrons. The second-order valence-corrected chi connectivity index (χ2v) is 4.78. The molecule has 1 aliphatic rings. The van der Waals surface area contributed by atoms with E-state index in [4.69, 9.17) is 5.73 Å². The van der Waals surface area contributed by atoms with E-state index in [1.54, 1.807) is 18.1 Å². The van der Waals surface area contributed by atoms with Gasteiger partial charge in [-0.05, 0) is 18.8 Å². The Kier molecular flexibility index (Phi) is 2.55. The zero-order valence-corrected chi connectivity index (χ0v) is 8.42. The first-order chi connectivity index (χ1) is 6.27. The van der Waals surface area contributed by atoms with Crippen LogP contribution in [-0.2, 0) is 0 Å². The minimum atomic E-state index is 0.362. The maximum atomic E-state index is 5.94. The average molecular weight is 198 g/mol. The summed E-state index contributed by atoms with van der Waals surface area (Å²) in [6.45, 7) is 2.21. The van der Waals surface area contributed by atoms with Crippen LogP contribution in [-0.4, -0.2) is 26.5 Å². The zero-order chi connectivity index (χ0) is 9.26. The number of aromatic nitrogens is 3. The highest BCUT2D eigenvalue weighted by Gasteiger charge is 2.31. The standard InChI is InChI=1S/C8H14N4S/c1-5-6(9)2-3-7(5)13-8-10-4-11-12-8/h4-7H,2-3,9H2,1H3,(H,10,11,12). The van der Waals surface area contributed by atoms with Gasteiger partial charge in [-0.2, -0.15) is 5.10 Å². The second kappa shape index (κ2) is 3.67. The van der Waals surface area contributed by atoms with E-state index >= 15 is 0 Å². The van der Waals surface area contributed by atoms with Gasteiger partial charge in [-0.25, -0.2) is 4.98 Å². The van der Waals surface area contributed by atoms with Crippen LogP contribution in [0, 0.1) is 5.92 Å². The number of hydrogen-bond donors (Lipinski definition) is 2. The van der Waals surface area contributed by atoms with Crippen molar-refractivity contribution in [3.8, 4) is 0 Å². The lowest BCUT2D eigenvalue weighted by molar-refractivity contribution is 0.534. The Bertz CT molecular complexity index is 261. The van der Waals surface area contributed by atoms with Gasteiger partial charge < -0.3 is 5.73 Å². The van der Waals surface area contributed by atoms with Gasteiger partial charge in [-0.15, -0.1) is 0 Å². The maximum absolute atomic E-state index is 5.94. The number of rotatable bonds is 2. The quantitative estimate of drug-likeness (QED) is 0.744. The van der Waals surface area contributed by atoms with Crippen molar-refractivity contribution in [2.45, 2.75) is 36.2 Å². The van der Waals surface area contributed by atoms with Crippen LogP contribution in [0.4, 0.5) is 0 Å². The van der Waals surface area contributed by atoms with E-state index in [0.717, 1.165) is 11.6 Å². The molecule has 13 heavy (non-hydrogen) atoms. The Balaban J connectivity index is 1.96. The molecule has 1 fully saturated rings. The van der Waals surface area contributed by atoms with Crippen molar-refractivity contribution >= 4 is 11.8 Å². The molecule has 1 aromatic heterocycles. The van der Waals surface area contributed by atoms with Crippen molar-refractivity contribution in [3.63, 3.8) is 0 Å². The molecule has 0 spiro atoms. The lowest BCUT2D eigenvalue weighted by Crippen LogP contribution is -2.26. The van der Waals surface area contributed by atoms with Gasteiger partial charge in [0, 0.05) is 11.3 Å². The molecule has 2 rings (SSSR count). The van der Waals surface area contributed by atoms with E-state index in [9.17, 15) is 0 Å². The normalized spacial score (nSPS) is 33.8. The number of aromatic amines is 1. The molecule has 1 aliphatic carbocycles. The highest BCUT2D eigenvalue weighted by Crippen LogP contribution is 2.36. The first kappa shape index (κ1) is 9.02. The molecular formula is C8H14N4S. The monoisotopic (exact) mass is 198 g/mol. The summed E-state index contributed by atoms with van der Waals surface area (Å²) in [5, 5.41) is 8.19. The van der Waals surface area contributed by atoms with Crippen LogP contribution in [0.25, 0.3) is 0 Å². The Morgan fingerprint density at radius 3 is 3.00 bits per heavy atom. The van der Waals surface area contributed by atoms with E-state index in [1.807, 2.05) is 0 Å². The lowest BCUT2D eigenvalue weighted by Gasteiger charge is -2.15. The number of nitrogens with zero attached hydrogens (tertiary/aromatic N) is 2.